The molecule has 0 atom stereocenters. The van der Waals surface area contributed by atoms with Crippen molar-refractivity contribution in [3.63, 3.8) is 0 Å². The Morgan fingerprint density at radius 2 is 1.28 bits per heavy atom. The van der Waals surface area contributed by atoms with E-state index < -0.39 is 0 Å². The molecular formula is C13H23N3O2. The van der Waals surface area contributed by atoms with Gasteiger partial charge in [-0.1, -0.05) is 6.92 Å². The maximum absolute atomic E-state index is 12.1. The topological polar surface area (TPSA) is 43.9 Å². The standard InChI is InChI=1S/C13H23N3O2/c1-11-3-5-15(6-4-11)12(17)13(18)16-9-7-14(2)8-10-16/h11H,3-10H2,1-2H3. The zero-order chi connectivity index (χ0) is 13.1. The number of piperazine rings is 1. The first-order valence-corrected chi connectivity index (χ1v) is 6.84. The molecule has 2 heterocycles. The summed E-state index contributed by atoms with van der Waals surface area (Å²) in [6.45, 7) is 6.73. The molecule has 2 rings (SSSR count). The van der Waals surface area contributed by atoms with E-state index in [1.54, 1.807) is 9.80 Å². The maximum atomic E-state index is 12.1. The summed E-state index contributed by atoms with van der Waals surface area (Å²) in [5.41, 5.74) is 0. The van der Waals surface area contributed by atoms with Crippen molar-refractivity contribution >= 4 is 11.8 Å². The van der Waals surface area contributed by atoms with Gasteiger partial charge in [0.2, 0.25) is 0 Å². The van der Waals surface area contributed by atoms with Crippen LogP contribution in [0.3, 0.4) is 0 Å². The van der Waals surface area contributed by atoms with Crippen LogP contribution >= 0.6 is 0 Å². The van der Waals surface area contributed by atoms with Crippen molar-refractivity contribution in [2.75, 3.05) is 46.3 Å². The van der Waals surface area contributed by atoms with Crippen molar-refractivity contribution in [2.24, 2.45) is 5.92 Å². The molecule has 2 saturated heterocycles. The number of likely N-dealkylation sites (N-methyl/N-ethyl adjacent to an activating group) is 1. The predicted octanol–water partition coefficient (Wildman–Crippen LogP) is 0.0189. The zero-order valence-electron chi connectivity index (χ0n) is 11.4. The lowest BCUT2D eigenvalue weighted by atomic mass is 9.99. The Morgan fingerprint density at radius 1 is 0.833 bits per heavy atom. The zero-order valence-corrected chi connectivity index (χ0v) is 11.4. The molecule has 0 N–H and O–H groups in total. The lowest BCUT2D eigenvalue weighted by Crippen LogP contribution is -2.53. The summed E-state index contributed by atoms with van der Waals surface area (Å²) in [7, 11) is 2.04. The minimum Gasteiger partial charge on any atom is -0.334 e. The highest BCUT2D eigenvalue weighted by molar-refractivity contribution is 6.34. The molecular weight excluding hydrogens is 230 g/mol. The Kier molecular flexibility index (Phi) is 4.22. The molecule has 0 aromatic rings. The Morgan fingerprint density at radius 3 is 1.78 bits per heavy atom. The lowest BCUT2D eigenvalue weighted by Gasteiger charge is -2.35. The van der Waals surface area contributed by atoms with Crippen LogP contribution in [0.4, 0.5) is 0 Å². The molecule has 102 valence electrons. The number of rotatable bonds is 0. The van der Waals surface area contributed by atoms with Gasteiger partial charge in [0.15, 0.2) is 0 Å². The molecule has 18 heavy (non-hydrogen) atoms. The number of amides is 2. The smallest absolute Gasteiger partial charge is 0.312 e. The predicted molar refractivity (Wildman–Crippen MR) is 69.1 cm³/mol. The quantitative estimate of drug-likeness (QED) is 0.572. The second-order valence-electron chi connectivity index (χ2n) is 5.57. The third-order valence-electron chi connectivity index (χ3n) is 4.04. The highest BCUT2D eigenvalue weighted by atomic mass is 16.2. The van der Waals surface area contributed by atoms with Crippen molar-refractivity contribution < 1.29 is 9.59 Å². The van der Waals surface area contributed by atoms with Gasteiger partial charge < -0.3 is 14.7 Å². The average Bonchev–Trinajstić information content (AvgIpc) is 2.39. The van der Waals surface area contributed by atoms with Crippen LogP contribution in [-0.4, -0.2) is 72.8 Å². The van der Waals surface area contributed by atoms with E-state index in [0.29, 0.717) is 19.0 Å². The SMILES string of the molecule is CC1CCN(C(=O)C(=O)N2CCN(C)CC2)CC1. The van der Waals surface area contributed by atoms with Crippen molar-refractivity contribution in [1.29, 1.82) is 0 Å². The second-order valence-corrected chi connectivity index (χ2v) is 5.57. The second kappa shape index (κ2) is 5.69. The summed E-state index contributed by atoms with van der Waals surface area (Å²) in [5, 5.41) is 0. The first-order valence-electron chi connectivity index (χ1n) is 6.84. The van der Waals surface area contributed by atoms with Crippen LogP contribution in [0.15, 0.2) is 0 Å². The fourth-order valence-electron chi connectivity index (χ4n) is 2.49. The van der Waals surface area contributed by atoms with E-state index in [2.05, 4.69) is 11.8 Å². The van der Waals surface area contributed by atoms with E-state index in [4.69, 9.17) is 0 Å². The molecule has 0 radical (unpaired) electrons. The van der Waals surface area contributed by atoms with E-state index in [-0.39, 0.29) is 11.8 Å². The summed E-state index contributed by atoms with van der Waals surface area (Å²) in [4.78, 5) is 29.8. The molecule has 2 amide bonds. The Bertz CT molecular complexity index is 284. The van der Waals surface area contributed by atoms with Crippen LogP contribution in [-0.2, 0) is 9.59 Å². The monoisotopic (exact) mass is 253 g/mol. The van der Waals surface area contributed by atoms with Crippen molar-refractivity contribution in [1.82, 2.24) is 14.7 Å². The van der Waals surface area contributed by atoms with E-state index >= 15 is 0 Å². The first-order chi connectivity index (χ1) is 8.58. The summed E-state index contributed by atoms with van der Waals surface area (Å²) < 4.78 is 0. The van der Waals surface area contributed by atoms with Gasteiger partial charge in [0, 0.05) is 39.3 Å². The third kappa shape index (κ3) is 3.02. The van der Waals surface area contributed by atoms with Gasteiger partial charge in [-0.05, 0) is 25.8 Å². The first kappa shape index (κ1) is 13.3. The molecule has 0 saturated carbocycles. The van der Waals surface area contributed by atoms with Gasteiger partial charge in [-0.25, -0.2) is 0 Å². The minimum absolute atomic E-state index is 0.300. The minimum atomic E-state index is -0.308. The van der Waals surface area contributed by atoms with Gasteiger partial charge in [0.1, 0.15) is 0 Å². The molecule has 5 nitrogen and oxygen atoms in total. The number of hydrogen-bond acceptors (Lipinski definition) is 3. The van der Waals surface area contributed by atoms with Crippen LogP contribution < -0.4 is 0 Å². The summed E-state index contributed by atoms with van der Waals surface area (Å²) >= 11 is 0. The molecule has 2 aliphatic heterocycles. The third-order valence-corrected chi connectivity index (χ3v) is 4.04. The fourth-order valence-corrected chi connectivity index (χ4v) is 2.49. The number of piperidine rings is 1. The van der Waals surface area contributed by atoms with Crippen LogP contribution in [0.2, 0.25) is 0 Å². The molecule has 0 aliphatic carbocycles. The van der Waals surface area contributed by atoms with Gasteiger partial charge in [0.05, 0.1) is 0 Å². The normalized spacial score (nSPS) is 23.2. The van der Waals surface area contributed by atoms with Gasteiger partial charge in [-0.2, -0.15) is 0 Å². The Hall–Kier alpha value is -1.10. The van der Waals surface area contributed by atoms with Crippen LogP contribution in [0.1, 0.15) is 19.8 Å². The Labute approximate surface area is 109 Å². The summed E-state index contributed by atoms with van der Waals surface area (Å²) in [6, 6.07) is 0. The summed E-state index contributed by atoms with van der Waals surface area (Å²) in [5.74, 6) is 0.0666. The number of nitrogens with zero attached hydrogens (tertiary/aromatic N) is 3. The van der Waals surface area contributed by atoms with Gasteiger partial charge in [-0.15, -0.1) is 0 Å². The maximum Gasteiger partial charge on any atom is 0.312 e. The van der Waals surface area contributed by atoms with E-state index in [9.17, 15) is 9.59 Å². The fraction of sp³-hybridized carbons (Fsp3) is 0.846. The van der Waals surface area contributed by atoms with E-state index in [0.717, 1.165) is 39.0 Å². The highest BCUT2D eigenvalue weighted by Gasteiger charge is 2.30. The van der Waals surface area contributed by atoms with Crippen LogP contribution in [0.25, 0.3) is 0 Å². The van der Waals surface area contributed by atoms with Crippen molar-refractivity contribution in [3.8, 4) is 0 Å². The molecule has 2 aliphatic rings. The van der Waals surface area contributed by atoms with E-state index in [1.165, 1.54) is 0 Å². The summed E-state index contributed by atoms with van der Waals surface area (Å²) in [6.07, 6.45) is 2.03. The molecule has 0 bridgehead atoms. The van der Waals surface area contributed by atoms with E-state index in [1.807, 2.05) is 7.05 Å². The number of carbonyl (C=O) groups is 2. The van der Waals surface area contributed by atoms with Crippen LogP contribution in [0, 0.1) is 5.92 Å². The average molecular weight is 253 g/mol. The van der Waals surface area contributed by atoms with Gasteiger partial charge >= 0.3 is 11.8 Å². The molecule has 0 unspecified atom stereocenters. The Balaban J connectivity index is 1.86. The number of likely N-dealkylation sites (tertiary alicyclic amines) is 1. The largest absolute Gasteiger partial charge is 0.334 e. The lowest BCUT2D eigenvalue weighted by molar-refractivity contribution is -0.153. The molecule has 2 fully saturated rings. The van der Waals surface area contributed by atoms with Gasteiger partial charge in [-0.3, -0.25) is 9.59 Å². The highest BCUT2D eigenvalue weighted by Crippen LogP contribution is 2.16. The molecule has 0 aromatic carbocycles. The van der Waals surface area contributed by atoms with Gasteiger partial charge in [0.25, 0.3) is 0 Å². The number of carbonyl (C=O) groups excluding carboxylic acids is 2. The van der Waals surface area contributed by atoms with Crippen molar-refractivity contribution in [2.45, 2.75) is 19.8 Å². The van der Waals surface area contributed by atoms with Crippen molar-refractivity contribution in [3.05, 3.63) is 0 Å². The molecule has 0 aromatic heterocycles. The molecule has 0 spiro atoms. The van der Waals surface area contributed by atoms with Crippen LogP contribution in [0.5, 0.6) is 0 Å². The number of hydrogen-bond donors (Lipinski definition) is 0. The molecule has 5 heteroatoms.